The lowest BCUT2D eigenvalue weighted by molar-refractivity contribution is 0.121. The molecule has 1 fully saturated rings. The first kappa shape index (κ1) is 16.9. The molecule has 3 atom stereocenters. The van der Waals surface area contributed by atoms with E-state index in [2.05, 4.69) is 51.8 Å². The molecule has 114 valence electrons. The monoisotopic (exact) mass is 270 g/mol. The maximum absolute atomic E-state index is 9.61. The van der Waals surface area contributed by atoms with Crippen LogP contribution in [0.1, 0.15) is 54.4 Å². The average molecular weight is 270 g/mol. The molecule has 1 heterocycles. The number of likely N-dealkylation sites (tertiary alicyclic amines) is 1. The van der Waals surface area contributed by atoms with Gasteiger partial charge in [0.25, 0.3) is 0 Å². The second-order valence-electron chi connectivity index (χ2n) is 7.65. The molecule has 1 saturated heterocycles. The van der Waals surface area contributed by atoms with Crippen LogP contribution in [-0.2, 0) is 0 Å². The molecule has 3 nitrogen and oxygen atoms in total. The molecule has 0 radical (unpaired) electrons. The van der Waals surface area contributed by atoms with E-state index in [1.54, 1.807) is 0 Å². The Bertz CT molecular complexity index is 274. The number of hydrogen-bond acceptors (Lipinski definition) is 3. The third-order valence-electron chi connectivity index (χ3n) is 4.77. The van der Waals surface area contributed by atoms with Crippen LogP contribution >= 0.6 is 0 Å². The van der Waals surface area contributed by atoms with Crippen molar-refractivity contribution in [1.82, 2.24) is 10.2 Å². The van der Waals surface area contributed by atoms with Crippen molar-refractivity contribution in [3.05, 3.63) is 0 Å². The topological polar surface area (TPSA) is 35.5 Å². The van der Waals surface area contributed by atoms with Crippen molar-refractivity contribution in [2.45, 2.75) is 66.0 Å². The molecule has 0 bridgehead atoms. The molecule has 19 heavy (non-hydrogen) atoms. The van der Waals surface area contributed by atoms with Gasteiger partial charge in [0.2, 0.25) is 0 Å². The normalized spacial score (nSPS) is 26.4. The Hall–Kier alpha value is -0.120. The minimum Gasteiger partial charge on any atom is -0.394 e. The number of aliphatic hydroxyl groups excluding tert-OH is 1. The van der Waals surface area contributed by atoms with Gasteiger partial charge in [-0.3, -0.25) is 0 Å². The van der Waals surface area contributed by atoms with Gasteiger partial charge in [0.1, 0.15) is 0 Å². The van der Waals surface area contributed by atoms with E-state index >= 15 is 0 Å². The number of rotatable bonds is 6. The Kier molecular flexibility index (Phi) is 5.84. The fraction of sp³-hybridized carbons (Fsp3) is 1.00. The Labute approximate surface area is 119 Å². The molecule has 3 unspecified atom stereocenters. The van der Waals surface area contributed by atoms with Crippen molar-refractivity contribution in [3.8, 4) is 0 Å². The fourth-order valence-corrected chi connectivity index (χ4v) is 3.30. The molecule has 0 amide bonds. The maximum atomic E-state index is 9.61. The highest BCUT2D eigenvalue weighted by Gasteiger charge is 2.35. The average Bonchev–Trinajstić information content (AvgIpc) is 2.78. The summed E-state index contributed by atoms with van der Waals surface area (Å²) in [5.74, 6) is 0.800. The lowest BCUT2D eigenvalue weighted by atomic mass is 9.80. The molecule has 0 spiro atoms. The number of likely N-dealkylation sites (N-methyl/N-ethyl adjacent to an activating group) is 1. The van der Waals surface area contributed by atoms with E-state index in [-0.39, 0.29) is 12.1 Å². The number of hydrogen-bond donors (Lipinski definition) is 2. The molecular formula is C16H34N2O. The summed E-state index contributed by atoms with van der Waals surface area (Å²) >= 11 is 0. The standard InChI is InChI=1S/C16H34N2O/c1-7-17-16(6,12-19)10-13(2)18-9-8-14(11-18)15(3,4)5/h13-14,17,19H,7-12H2,1-6H3. The smallest absolute Gasteiger partial charge is 0.0611 e. The summed E-state index contributed by atoms with van der Waals surface area (Å²) in [5.41, 5.74) is 0.268. The van der Waals surface area contributed by atoms with E-state index in [0.29, 0.717) is 11.5 Å². The Morgan fingerprint density at radius 1 is 1.32 bits per heavy atom. The number of aliphatic hydroxyl groups is 1. The van der Waals surface area contributed by atoms with Crippen molar-refractivity contribution in [2.75, 3.05) is 26.2 Å². The van der Waals surface area contributed by atoms with Crippen LogP contribution in [-0.4, -0.2) is 47.8 Å². The Morgan fingerprint density at radius 2 is 1.95 bits per heavy atom. The SMILES string of the molecule is CCNC(C)(CO)CC(C)N1CCC(C(C)(C)C)C1. The molecule has 3 heteroatoms. The molecule has 1 rings (SSSR count). The van der Waals surface area contributed by atoms with Crippen molar-refractivity contribution in [2.24, 2.45) is 11.3 Å². The second-order valence-corrected chi connectivity index (χ2v) is 7.65. The highest BCUT2D eigenvalue weighted by molar-refractivity contribution is 4.91. The van der Waals surface area contributed by atoms with Gasteiger partial charge in [-0.05, 0) is 51.1 Å². The van der Waals surface area contributed by atoms with Crippen LogP contribution in [0.15, 0.2) is 0 Å². The molecule has 1 aliphatic heterocycles. The summed E-state index contributed by atoms with van der Waals surface area (Å²) in [7, 11) is 0. The molecule has 0 aromatic heterocycles. The summed E-state index contributed by atoms with van der Waals surface area (Å²) < 4.78 is 0. The van der Waals surface area contributed by atoms with Crippen LogP contribution in [0.4, 0.5) is 0 Å². The van der Waals surface area contributed by atoms with Crippen LogP contribution < -0.4 is 5.32 Å². The summed E-state index contributed by atoms with van der Waals surface area (Å²) in [6, 6.07) is 0.531. The van der Waals surface area contributed by atoms with Gasteiger partial charge in [0.05, 0.1) is 6.61 Å². The lowest BCUT2D eigenvalue weighted by Gasteiger charge is -2.35. The Morgan fingerprint density at radius 3 is 2.37 bits per heavy atom. The highest BCUT2D eigenvalue weighted by atomic mass is 16.3. The molecule has 1 aliphatic rings. The molecule has 0 saturated carbocycles. The number of nitrogens with zero attached hydrogens (tertiary/aromatic N) is 1. The summed E-state index contributed by atoms with van der Waals surface area (Å²) in [5, 5.41) is 13.0. The van der Waals surface area contributed by atoms with Crippen LogP contribution in [0.5, 0.6) is 0 Å². The van der Waals surface area contributed by atoms with Gasteiger partial charge in [-0.2, -0.15) is 0 Å². The maximum Gasteiger partial charge on any atom is 0.0611 e. The largest absolute Gasteiger partial charge is 0.394 e. The predicted molar refractivity (Wildman–Crippen MR) is 82.4 cm³/mol. The predicted octanol–water partition coefficient (Wildman–Crippen LogP) is 2.49. The highest BCUT2D eigenvalue weighted by Crippen LogP contribution is 2.35. The molecule has 0 aliphatic carbocycles. The van der Waals surface area contributed by atoms with Crippen molar-refractivity contribution in [1.29, 1.82) is 0 Å². The van der Waals surface area contributed by atoms with Crippen molar-refractivity contribution < 1.29 is 5.11 Å². The van der Waals surface area contributed by atoms with E-state index in [0.717, 1.165) is 18.9 Å². The summed E-state index contributed by atoms with van der Waals surface area (Å²) in [6.45, 7) is 17.1. The molecule has 0 aromatic rings. The van der Waals surface area contributed by atoms with E-state index < -0.39 is 0 Å². The van der Waals surface area contributed by atoms with Gasteiger partial charge in [-0.25, -0.2) is 0 Å². The van der Waals surface area contributed by atoms with Gasteiger partial charge in [-0.15, -0.1) is 0 Å². The number of nitrogens with one attached hydrogen (secondary N) is 1. The zero-order valence-corrected chi connectivity index (χ0v) is 13.8. The first-order valence-electron chi connectivity index (χ1n) is 7.82. The van der Waals surface area contributed by atoms with Crippen LogP contribution in [0, 0.1) is 11.3 Å². The van der Waals surface area contributed by atoms with Gasteiger partial charge in [0.15, 0.2) is 0 Å². The quantitative estimate of drug-likeness (QED) is 0.778. The third-order valence-corrected chi connectivity index (χ3v) is 4.77. The molecule has 0 aromatic carbocycles. The summed E-state index contributed by atoms with van der Waals surface area (Å²) in [6.07, 6.45) is 2.32. The minimum atomic E-state index is -0.145. The van der Waals surface area contributed by atoms with Gasteiger partial charge in [-0.1, -0.05) is 27.7 Å². The van der Waals surface area contributed by atoms with Crippen LogP contribution in [0.3, 0.4) is 0 Å². The van der Waals surface area contributed by atoms with Crippen molar-refractivity contribution >= 4 is 0 Å². The zero-order valence-electron chi connectivity index (χ0n) is 13.8. The Balaban J connectivity index is 2.53. The zero-order chi connectivity index (χ0) is 14.7. The molecular weight excluding hydrogens is 236 g/mol. The van der Waals surface area contributed by atoms with Gasteiger partial charge >= 0.3 is 0 Å². The van der Waals surface area contributed by atoms with Crippen LogP contribution in [0.25, 0.3) is 0 Å². The van der Waals surface area contributed by atoms with E-state index in [1.165, 1.54) is 19.5 Å². The van der Waals surface area contributed by atoms with Gasteiger partial charge < -0.3 is 15.3 Å². The minimum absolute atomic E-state index is 0.145. The van der Waals surface area contributed by atoms with Crippen molar-refractivity contribution in [3.63, 3.8) is 0 Å². The second kappa shape index (κ2) is 6.55. The van der Waals surface area contributed by atoms with Crippen LogP contribution in [0.2, 0.25) is 0 Å². The summed E-state index contributed by atoms with van der Waals surface area (Å²) in [4.78, 5) is 2.60. The molecule has 2 N–H and O–H groups in total. The van der Waals surface area contributed by atoms with E-state index in [9.17, 15) is 5.11 Å². The lowest BCUT2D eigenvalue weighted by Crippen LogP contribution is -2.50. The first-order valence-corrected chi connectivity index (χ1v) is 7.82. The fourth-order valence-electron chi connectivity index (χ4n) is 3.30. The first-order chi connectivity index (χ1) is 8.72. The van der Waals surface area contributed by atoms with E-state index in [4.69, 9.17) is 0 Å². The van der Waals surface area contributed by atoms with E-state index in [1.807, 2.05) is 0 Å². The third kappa shape index (κ3) is 4.73. The van der Waals surface area contributed by atoms with Gasteiger partial charge in [0, 0.05) is 18.1 Å².